The maximum atomic E-state index is 3.93. The molecule has 2 nitrogen and oxygen atoms in total. The minimum Gasteiger partial charge on any atom is -0.311 e. The van der Waals surface area contributed by atoms with Gasteiger partial charge in [0.15, 0.2) is 0 Å². The van der Waals surface area contributed by atoms with Crippen molar-refractivity contribution in [3.63, 3.8) is 0 Å². The molecule has 164 valence electrons. The van der Waals surface area contributed by atoms with Gasteiger partial charge in [0.1, 0.15) is 0 Å². The third kappa shape index (κ3) is 5.64. The van der Waals surface area contributed by atoms with E-state index in [0.29, 0.717) is 47.7 Å². The number of hydrogen-bond donors (Lipinski definition) is 2. The van der Waals surface area contributed by atoms with Gasteiger partial charge in [0.25, 0.3) is 0 Å². The summed E-state index contributed by atoms with van der Waals surface area (Å²) < 4.78 is 0. The van der Waals surface area contributed by atoms with Crippen LogP contribution in [0.1, 0.15) is 104 Å². The van der Waals surface area contributed by atoms with E-state index in [1.54, 1.807) is 11.1 Å². The van der Waals surface area contributed by atoms with E-state index in [-0.39, 0.29) is 5.54 Å². The number of nitrogens with one attached hydrogen (secondary N) is 2. The Hall–Kier alpha value is -0.860. The van der Waals surface area contributed by atoms with Crippen LogP contribution in [0.5, 0.6) is 0 Å². The fraction of sp³-hybridized carbons (Fsp3) is 0.778. The summed E-state index contributed by atoms with van der Waals surface area (Å²) >= 11 is 0. The first-order chi connectivity index (χ1) is 13.6. The maximum absolute atomic E-state index is 3.93. The lowest BCUT2D eigenvalue weighted by molar-refractivity contribution is 0.186. The highest BCUT2D eigenvalue weighted by molar-refractivity contribution is 5.29. The van der Waals surface area contributed by atoms with Gasteiger partial charge in [-0.3, -0.25) is 0 Å². The van der Waals surface area contributed by atoms with Crippen molar-refractivity contribution in [2.24, 2.45) is 17.8 Å². The molecule has 0 bridgehead atoms. The molecule has 0 aliphatic carbocycles. The lowest BCUT2D eigenvalue weighted by Gasteiger charge is -2.44. The fourth-order valence-electron chi connectivity index (χ4n) is 5.68. The number of benzene rings is 1. The molecule has 2 fully saturated rings. The lowest BCUT2D eigenvalue weighted by Crippen LogP contribution is -2.53. The summed E-state index contributed by atoms with van der Waals surface area (Å²) in [6, 6.07) is 11.7. The minimum atomic E-state index is 0.223. The van der Waals surface area contributed by atoms with Crippen LogP contribution in [0, 0.1) is 17.8 Å². The third-order valence-electron chi connectivity index (χ3n) is 7.67. The number of hydrogen-bond acceptors (Lipinski definition) is 2. The molecule has 2 N–H and O–H groups in total. The first kappa shape index (κ1) is 22.8. The predicted octanol–water partition coefficient (Wildman–Crippen LogP) is 6.47. The molecule has 0 amide bonds. The maximum Gasteiger partial charge on any atom is 0.0133 e. The summed E-state index contributed by atoms with van der Waals surface area (Å²) in [7, 11) is 0. The highest BCUT2D eigenvalue weighted by atomic mass is 15.0. The van der Waals surface area contributed by atoms with Crippen LogP contribution >= 0.6 is 0 Å². The van der Waals surface area contributed by atoms with Crippen molar-refractivity contribution in [3.8, 4) is 0 Å². The first-order valence-corrected chi connectivity index (χ1v) is 12.2. The van der Waals surface area contributed by atoms with Gasteiger partial charge in [-0.05, 0) is 80.2 Å². The molecule has 1 aromatic carbocycles. The van der Waals surface area contributed by atoms with Crippen LogP contribution in [-0.4, -0.2) is 23.7 Å². The van der Waals surface area contributed by atoms with E-state index in [4.69, 9.17) is 0 Å². The van der Waals surface area contributed by atoms with Crippen molar-refractivity contribution in [1.29, 1.82) is 0 Å². The normalized spacial score (nSPS) is 32.9. The van der Waals surface area contributed by atoms with Crippen LogP contribution in [-0.2, 0) is 0 Å². The molecule has 4 atom stereocenters. The second kappa shape index (κ2) is 9.10. The summed E-state index contributed by atoms with van der Waals surface area (Å²) in [5, 5.41) is 7.81. The van der Waals surface area contributed by atoms with E-state index in [2.05, 4.69) is 90.3 Å². The minimum absolute atomic E-state index is 0.223. The zero-order valence-electron chi connectivity index (χ0n) is 20.3. The molecule has 2 heterocycles. The zero-order valence-corrected chi connectivity index (χ0v) is 20.3. The van der Waals surface area contributed by atoms with Crippen LogP contribution < -0.4 is 10.6 Å². The van der Waals surface area contributed by atoms with Gasteiger partial charge in [0, 0.05) is 23.7 Å². The highest BCUT2D eigenvalue weighted by Gasteiger charge is 2.35. The van der Waals surface area contributed by atoms with E-state index in [1.165, 1.54) is 25.7 Å². The molecule has 0 radical (unpaired) electrons. The molecule has 2 aliphatic heterocycles. The number of piperidine rings is 2. The van der Waals surface area contributed by atoms with Crippen molar-refractivity contribution in [2.45, 2.75) is 117 Å². The van der Waals surface area contributed by atoms with Crippen LogP contribution in [0.25, 0.3) is 0 Å². The van der Waals surface area contributed by atoms with Gasteiger partial charge in [-0.15, -0.1) is 0 Å². The predicted molar refractivity (Wildman–Crippen MR) is 127 cm³/mol. The summed E-state index contributed by atoms with van der Waals surface area (Å²) in [6.45, 7) is 18.9. The Labute approximate surface area is 180 Å². The van der Waals surface area contributed by atoms with Gasteiger partial charge in [-0.25, -0.2) is 0 Å². The van der Waals surface area contributed by atoms with Crippen molar-refractivity contribution < 1.29 is 0 Å². The quantitative estimate of drug-likeness (QED) is 0.593. The Bertz CT molecular complexity index is 627. The topological polar surface area (TPSA) is 24.1 Å². The molecule has 2 saturated heterocycles. The Morgan fingerprint density at radius 2 is 1.10 bits per heavy atom. The molecule has 0 saturated carbocycles. The largest absolute Gasteiger partial charge is 0.311 e. The molecular weight excluding hydrogens is 352 g/mol. The summed E-state index contributed by atoms with van der Waals surface area (Å²) in [6.07, 6.45) is 5.04. The lowest BCUT2D eigenvalue weighted by atomic mass is 9.74. The SMILES string of the molecule is CC(C)C1CC(c2ccc(C3CC(C(C)C)NC(C)(C)C3)cc2)CC(C(C)C)N1. The molecule has 2 aliphatic rings. The van der Waals surface area contributed by atoms with E-state index >= 15 is 0 Å². The van der Waals surface area contributed by atoms with Crippen LogP contribution in [0.4, 0.5) is 0 Å². The molecular formula is C27H46N2. The average Bonchev–Trinajstić information content (AvgIpc) is 2.66. The first-order valence-electron chi connectivity index (χ1n) is 12.2. The zero-order chi connectivity index (χ0) is 21.3. The fourth-order valence-corrected chi connectivity index (χ4v) is 5.68. The van der Waals surface area contributed by atoms with Gasteiger partial charge in [0.2, 0.25) is 0 Å². The summed E-state index contributed by atoms with van der Waals surface area (Å²) in [5.41, 5.74) is 3.32. The Morgan fingerprint density at radius 1 is 0.690 bits per heavy atom. The van der Waals surface area contributed by atoms with Crippen molar-refractivity contribution in [3.05, 3.63) is 35.4 Å². The highest BCUT2D eigenvalue weighted by Crippen LogP contribution is 2.39. The smallest absolute Gasteiger partial charge is 0.0133 e. The standard InChI is InChI=1S/C27H46N2/c1-17(2)24-13-22(14-25(28-24)18(3)4)20-9-11-21(12-10-20)23-15-26(19(5)6)29-27(7,8)16-23/h9-12,17-19,22-26,28-29H,13-16H2,1-8H3. The van der Waals surface area contributed by atoms with E-state index in [9.17, 15) is 0 Å². The second-order valence-electron chi connectivity index (χ2n) is 11.7. The van der Waals surface area contributed by atoms with Gasteiger partial charge < -0.3 is 10.6 Å². The second-order valence-corrected chi connectivity index (χ2v) is 11.7. The Kier molecular flexibility index (Phi) is 7.16. The van der Waals surface area contributed by atoms with E-state index < -0.39 is 0 Å². The average molecular weight is 399 g/mol. The summed E-state index contributed by atoms with van der Waals surface area (Å²) in [5.74, 6) is 3.45. The Morgan fingerprint density at radius 3 is 1.55 bits per heavy atom. The molecule has 0 aromatic heterocycles. The molecule has 0 spiro atoms. The molecule has 3 rings (SSSR count). The molecule has 4 unspecified atom stereocenters. The van der Waals surface area contributed by atoms with Gasteiger partial charge in [-0.2, -0.15) is 0 Å². The van der Waals surface area contributed by atoms with Crippen LogP contribution in [0.2, 0.25) is 0 Å². The third-order valence-corrected chi connectivity index (χ3v) is 7.67. The van der Waals surface area contributed by atoms with Gasteiger partial charge in [-0.1, -0.05) is 65.8 Å². The van der Waals surface area contributed by atoms with Crippen LogP contribution in [0.3, 0.4) is 0 Å². The monoisotopic (exact) mass is 398 g/mol. The summed E-state index contributed by atoms with van der Waals surface area (Å²) in [4.78, 5) is 0. The van der Waals surface area contributed by atoms with Crippen molar-refractivity contribution >= 4 is 0 Å². The van der Waals surface area contributed by atoms with E-state index in [0.717, 1.165) is 0 Å². The van der Waals surface area contributed by atoms with Gasteiger partial charge >= 0.3 is 0 Å². The van der Waals surface area contributed by atoms with Crippen LogP contribution in [0.15, 0.2) is 24.3 Å². The molecule has 1 aromatic rings. The Balaban J connectivity index is 1.75. The molecule has 2 heteroatoms. The van der Waals surface area contributed by atoms with E-state index in [1.807, 2.05) is 0 Å². The van der Waals surface area contributed by atoms with Crippen molar-refractivity contribution in [1.82, 2.24) is 10.6 Å². The van der Waals surface area contributed by atoms with Gasteiger partial charge in [0.05, 0.1) is 0 Å². The van der Waals surface area contributed by atoms with Crippen molar-refractivity contribution in [2.75, 3.05) is 0 Å². The number of rotatable bonds is 5. The molecule has 29 heavy (non-hydrogen) atoms.